The van der Waals surface area contributed by atoms with Crippen LogP contribution in [-0.2, 0) is 6.42 Å². The lowest BCUT2D eigenvalue weighted by molar-refractivity contribution is -0.0438. The van der Waals surface area contributed by atoms with Crippen molar-refractivity contribution in [1.82, 2.24) is 4.90 Å². The van der Waals surface area contributed by atoms with Gasteiger partial charge in [-0.25, -0.2) is 0 Å². The first-order valence-corrected chi connectivity index (χ1v) is 6.73. The fourth-order valence-corrected chi connectivity index (χ4v) is 3.48. The van der Waals surface area contributed by atoms with Gasteiger partial charge in [-0.2, -0.15) is 0 Å². The molecule has 0 aromatic heterocycles. The Bertz CT molecular complexity index is 422. The molecular formula is C14H18ClNO. The summed E-state index contributed by atoms with van der Waals surface area (Å²) in [4.78, 5) is 2.46. The molecule has 1 aromatic rings. The molecule has 2 fully saturated rings. The van der Waals surface area contributed by atoms with Crippen molar-refractivity contribution >= 4 is 11.6 Å². The van der Waals surface area contributed by atoms with Gasteiger partial charge in [0.05, 0.1) is 5.60 Å². The van der Waals surface area contributed by atoms with Crippen LogP contribution in [-0.4, -0.2) is 35.2 Å². The molecule has 2 nitrogen and oxygen atoms in total. The van der Waals surface area contributed by atoms with Crippen LogP contribution in [0.25, 0.3) is 0 Å². The van der Waals surface area contributed by atoms with Crippen molar-refractivity contribution in [1.29, 1.82) is 0 Å². The Morgan fingerprint density at radius 1 is 1.41 bits per heavy atom. The fourth-order valence-electron chi connectivity index (χ4n) is 3.26. The molecule has 17 heavy (non-hydrogen) atoms. The van der Waals surface area contributed by atoms with Crippen molar-refractivity contribution in [2.75, 3.05) is 19.6 Å². The van der Waals surface area contributed by atoms with Gasteiger partial charge >= 0.3 is 0 Å². The van der Waals surface area contributed by atoms with Crippen LogP contribution in [0.15, 0.2) is 24.3 Å². The molecule has 0 aliphatic carbocycles. The topological polar surface area (TPSA) is 23.5 Å². The molecule has 3 rings (SSSR count). The molecule has 2 saturated heterocycles. The van der Waals surface area contributed by atoms with Gasteiger partial charge in [-0.05, 0) is 37.1 Å². The van der Waals surface area contributed by atoms with E-state index in [1.54, 1.807) is 0 Å². The molecule has 3 unspecified atom stereocenters. The lowest BCUT2D eigenvalue weighted by Gasteiger charge is -2.39. The zero-order valence-corrected chi connectivity index (χ0v) is 10.7. The Balaban J connectivity index is 1.79. The summed E-state index contributed by atoms with van der Waals surface area (Å²) in [6.45, 7) is 3.26. The zero-order chi connectivity index (χ0) is 11.9. The van der Waals surface area contributed by atoms with E-state index >= 15 is 0 Å². The number of benzene rings is 1. The second-order valence-corrected chi connectivity index (χ2v) is 5.88. The van der Waals surface area contributed by atoms with Gasteiger partial charge in [-0.15, -0.1) is 0 Å². The van der Waals surface area contributed by atoms with Crippen molar-refractivity contribution in [3.8, 4) is 0 Å². The van der Waals surface area contributed by atoms with Crippen molar-refractivity contribution < 1.29 is 5.11 Å². The van der Waals surface area contributed by atoms with Crippen molar-refractivity contribution in [3.63, 3.8) is 0 Å². The van der Waals surface area contributed by atoms with Crippen LogP contribution < -0.4 is 0 Å². The summed E-state index contributed by atoms with van der Waals surface area (Å²) in [6, 6.07) is 7.88. The Labute approximate surface area is 107 Å². The average molecular weight is 252 g/mol. The summed E-state index contributed by atoms with van der Waals surface area (Å²) < 4.78 is 0. The minimum absolute atomic E-state index is 0.440. The summed E-state index contributed by atoms with van der Waals surface area (Å²) in [5, 5.41) is 11.6. The number of nitrogens with zero attached hydrogens (tertiary/aromatic N) is 1. The predicted molar refractivity (Wildman–Crippen MR) is 69.3 cm³/mol. The van der Waals surface area contributed by atoms with Gasteiger partial charge in [0.1, 0.15) is 0 Å². The maximum Gasteiger partial charge on any atom is 0.0740 e. The molecule has 1 aromatic carbocycles. The molecule has 3 atom stereocenters. The molecule has 2 heterocycles. The van der Waals surface area contributed by atoms with Crippen molar-refractivity contribution in [2.24, 2.45) is 5.92 Å². The van der Waals surface area contributed by atoms with E-state index < -0.39 is 5.60 Å². The minimum atomic E-state index is -0.516. The first kappa shape index (κ1) is 11.5. The highest BCUT2D eigenvalue weighted by Crippen LogP contribution is 2.37. The van der Waals surface area contributed by atoms with Crippen LogP contribution in [0.3, 0.4) is 0 Å². The monoisotopic (exact) mass is 251 g/mol. The largest absolute Gasteiger partial charge is 0.389 e. The Kier molecular flexibility index (Phi) is 2.89. The number of piperidine rings is 1. The van der Waals surface area contributed by atoms with Crippen LogP contribution in [0.1, 0.15) is 18.4 Å². The molecule has 2 aliphatic heterocycles. The van der Waals surface area contributed by atoms with E-state index in [1.165, 1.54) is 0 Å². The van der Waals surface area contributed by atoms with E-state index in [0.29, 0.717) is 5.92 Å². The third-order valence-corrected chi connectivity index (χ3v) is 4.53. The molecule has 0 radical (unpaired) electrons. The Morgan fingerprint density at radius 3 is 3.12 bits per heavy atom. The van der Waals surface area contributed by atoms with Crippen LogP contribution in [0.5, 0.6) is 0 Å². The molecule has 2 bridgehead atoms. The van der Waals surface area contributed by atoms with Gasteiger partial charge in [0.15, 0.2) is 0 Å². The smallest absolute Gasteiger partial charge is 0.0740 e. The van der Waals surface area contributed by atoms with Gasteiger partial charge < -0.3 is 10.0 Å². The number of aliphatic hydroxyl groups is 1. The van der Waals surface area contributed by atoms with Gasteiger partial charge in [-0.1, -0.05) is 23.7 Å². The maximum absolute atomic E-state index is 10.8. The second-order valence-electron chi connectivity index (χ2n) is 5.45. The quantitative estimate of drug-likeness (QED) is 0.872. The van der Waals surface area contributed by atoms with E-state index in [2.05, 4.69) is 11.0 Å². The van der Waals surface area contributed by atoms with E-state index in [-0.39, 0.29) is 0 Å². The highest BCUT2D eigenvalue weighted by Gasteiger charge is 2.44. The van der Waals surface area contributed by atoms with Gasteiger partial charge in [0, 0.05) is 30.5 Å². The highest BCUT2D eigenvalue weighted by molar-refractivity contribution is 6.30. The van der Waals surface area contributed by atoms with Crippen LogP contribution in [0.2, 0.25) is 5.02 Å². The number of rotatable bonds is 2. The Morgan fingerprint density at radius 2 is 2.29 bits per heavy atom. The normalized spacial score (nSPS) is 36.1. The molecule has 92 valence electrons. The SMILES string of the molecule is OC1(Cc2cccc(Cl)c2)CCN2CCC1C2. The number of halogens is 1. The predicted octanol–water partition coefficient (Wildman–Crippen LogP) is 2.34. The van der Waals surface area contributed by atoms with Gasteiger partial charge in [-0.3, -0.25) is 0 Å². The summed E-state index contributed by atoms with van der Waals surface area (Å²) in [5.74, 6) is 0.440. The van der Waals surface area contributed by atoms with E-state index in [9.17, 15) is 5.11 Å². The van der Waals surface area contributed by atoms with Gasteiger partial charge in [0.2, 0.25) is 0 Å². The molecule has 2 aliphatic rings. The summed E-state index contributed by atoms with van der Waals surface area (Å²) >= 11 is 6.00. The summed E-state index contributed by atoms with van der Waals surface area (Å²) in [5.41, 5.74) is 0.637. The van der Waals surface area contributed by atoms with E-state index in [0.717, 1.165) is 49.5 Å². The first-order valence-electron chi connectivity index (χ1n) is 6.35. The third-order valence-electron chi connectivity index (χ3n) is 4.29. The third kappa shape index (κ3) is 2.22. The second kappa shape index (κ2) is 4.27. The van der Waals surface area contributed by atoms with Crippen LogP contribution in [0, 0.1) is 5.92 Å². The molecule has 0 saturated carbocycles. The molecular weight excluding hydrogens is 234 g/mol. The van der Waals surface area contributed by atoms with Crippen molar-refractivity contribution in [3.05, 3.63) is 34.9 Å². The first-order chi connectivity index (χ1) is 8.16. The summed E-state index contributed by atoms with van der Waals surface area (Å²) in [7, 11) is 0. The molecule has 0 spiro atoms. The molecule has 0 amide bonds. The van der Waals surface area contributed by atoms with E-state index in [4.69, 9.17) is 11.6 Å². The fraction of sp³-hybridized carbons (Fsp3) is 0.571. The average Bonchev–Trinajstić information content (AvgIpc) is 2.70. The van der Waals surface area contributed by atoms with Crippen LogP contribution >= 0.6 is 11.6 Å². The highest BCUT2D eigenvalue weighted by atomic mass is 35.5. The van der Waals surface area contributed by atoms with Crippen LogP contribution in [0.4, 0.5) is 0 Å². The molecule has 1 N–H and O–H groups in total. The molecule has 3 heteroatoms. The zero-order valence-electron chi connectivity index (χ0n) is 9.90. The standard InChI is InChI=1S/C14H18ClNO/c15-13-3-1-2-11(8-13)9-14(17)5-7-16-6-4-12(14)10-16/h1-3,8,12,17H,4-7,9-10H2. The van der Waals surface area contributed by atoms with Crippen molar-refractivity contribution in [2.45, 2.75) is 24.9 Å². The van der Waals surface area contributed by atoms with Gasteiger partial charge in [0.25, 0.3) is 0 Å². The van der Waals surface area contributed by atoms with E-state index in [1.807, 2.05) is 18.2 Å². The lowest BCUT2D eigenvalue weighted by atomic mass is 9.78. The lowest BCUT2D eigenvalue weighted by Crippen LogP contribution is -2.47. The number of hydrogen-bond acceptors (Lipinski definition) is 2. The number of hydrogen-bond donors (Lipinski definition) is 1. The minimum Gasteiger partial charge on any atom is -0.389 e. The maximum atomic E-state index is 10.8. The summed E-state index contributed by atoms with van der Waals surface area (Å²) in [6.07, 6.45) is 2.77. The Hall–Kier alpha value is -0.570. The number of fused-ring (bicyclic) bond motifs is 2.